The molecule has 0 bridgehead atoms. The predicted octanol–water partition coefficient (Wildman–Crippen LogP) is 1.88. The Balaban J connectivity index is 1.97. The summed E-state index contributed by atoms with van der Waals surface area (Å²) < 4.78 is 81.1. The summed E-state index contributed by atoms with van der Waals surface area (Å²) >= 11 is 6.27. The van der Waals surface area contributed by atoms with Crippen molar-refractivity contribution in [1.82, 2.24) is 0 Å². The van der Waals surface area contributed by atoms with Crippen LogP contribution < -0.4 is 4.74 Å². The SMILES string of the molecule is [2H]C([2H])([2H])C([2H])([2H])Oc1c(F)cc(Cc2cc([C@]3(OC)O[C@H](CO)[C@@H](O)[C@H](O)[C@H]3O)ccc2Cl)cc1F. The van der Waals surface area contributed by atoms with Crippen molar-refractivity contribution in [3.8, 4) is 5.75 Å². The average molecular weight is 480 g/mol. The van der Waals surface area contributed by atoms with Gasteiger partial charge in [-0.3, -0.25) is 0 Å². The third-order valence-electron chi connectivity index (χ3n) is 5.31. The quantitative estimate of drug-likeness (QED) is 0.480. The second-order valence-electron chi connectivity index (χ2n) is 7.21. The van der Waals surface area contributed by atoms with E-state index < -0.39 is 67.6 Å². The molecule has 0 aromatic heterocycles. The van der Waals surface area contributed by atoms with E-state index in [1.54, 1.807) is 0 Å². The summed E-state index contributed by atoms with van der Waals surface area (Å²) in [5.74, 6) is -5.94. The van der Waals surface area contributed by atoms with Crippen LogP contribution in [0.2, 0.25) is 5.02 Å². The molecular formula is C22H25ClF2O7. The molecule has 2 aromatic rings. The van der Waals surface area contributed by atoms with Crippen molar-refractivity contribution in [1.29, 1.82) is 0 Å². The van der Waals surface area contributed by atoms with Gasteiger partial charge < -0.3 is 34.6 Å². The van der Waals surface area contributed by atoms with E-state index in [2.05, 4.69) is 4.74 Å². The lowest BCUT2D eigenvalue weighted by atomic mass is 9.87. The van der Waals surface area contributed by atoms with Gasteiger partial charge in [0, 0.05) is 21.8 Å². The Kier molecular flexibility index (Phi) is 5.78. The minimum atomic E-state index is -3.35. The first-order valence-corrected chi connectivity index (χ1v) is 9.79. The molecule has 7 nitrogen and oxygen atoms in total. The van der Waals surface area contributed by atoms with Crippen LogP contribution in [0.15, 0.2) is 30.3 Å². The van der Waals surface area contributed by atoms with Gasteiger partial charge in [-0.2, -0.15) is 0 Å². The maximum atomic E-state index is 14.6. The van der Waals surface area contributed by atoms with Gasteiger partial charge in [-0.1, -0.05) is 17.7 Å². The molecule has 2 aromatic carbocycles. The van der Waals surface area contributed by atoms with Gasteiger partial charge in [-0.25, -0.2) is 8.78 Å². The van der Waals surface area contributed by atoms with Crippen LogP contribution in [0.4, 0.5) is 8.78 Å². The lowest BCUT2D eigenvalue weighted by molar-refractivity contribution is -0.366. The Morgan fingerprint density at radius 1 is 1.19 bits per heavy atom. The Bertz CT molecular complexity index is 1110. The Hall–Kier alpha value is -1.85. The molecule has 3 rings (SSSR count). The van der Waals surface area contributed by atoms with Crippen LogP contribution in [0.25, 0.3) is 0 Å². The minimum absolute atomic E-state index is 0.0103. The highest BCUT2D eigenvalue weighted by Crippen LogP contribution is 2.40. The average Bonchev–Trinajstić information content (AvgIpc) is 2.81. The number of aliphatic hydroxyl groups is 4. The molecule has 10 heteroatoms. The zero-order chi connectivity index (χ0) is 27.9. The minimum Gasteiger partial charge on any atom is -0.488 e. The van der Waals surface area contributed by atoms with Gasteiger partial charge in [0.1, 0.15) is 24.4 Å². The van der Waals surface area contributed by atoms with Crippen molar-refractivity contribution < 1.29 is 50.3 Å². The highest BCUT2D eigenvalue weighted by atomic mass is 35.5. The second-order valence-corrected chi connectivity index (χ2v) is 7.62. The zero-order valence-electron chi connectivity index (χ0n) is 21.8. The Morgan fingerprint density at radius 2 is 1.88 bits per heavy atom. The summed E-state index contributed by atoms with van der Waals surface area (Å²) in [6, 6.07) is 5.78. The van der Waals surface area contributed by atoms with Crippen molar-refractivity contribution in [2.45, 2.75) is 43.5 Å². The fourth-order valence-corrected chi connectivity index (χ4v) is 3.86. The highest BCUT2D eigenvalue weighted by molar-refractivity contribution is 6.31. The third kappa shape index (κ3) is 4.47. The van der Waals surface area contributed by atoms with Crippen LogP contribution in [0, 0.1) is 11.6 Å². The summed E-state index contributed by atoms with van der Waals surface area (Å²) in [5.41, 5.74) is 0.382. The van der Waals surface area contributed by atoms with E-state index in [1.165, 1.54) is 18.2 Å². The predicted molar refractivity (Wildman–Crippen MR) is 110 cm³/mol. The zero-order valence-corrected chi connectivity index (χ0v) is 17.5. The summed E-state index contributed by atoms with van der Waals surface area (Å²) in [7, 11) is 1.16. The number of ether oxygens (including phenoxy) is 3. The summed E-state index contributed by atoms with van der Waals surface area (Å²) in [6.07, 6.45) is -6.68. The molecule has 0 amide bonds. The Morgan fingerprint density at radius 3 is 2.47 bits per heavy atom. The van der Waals surface area contributed by atoms with E-state index >= 15 is 0 Å². The van der Waals surface area contributed by atoms with Gasteiger partial charge in [0.25, 0.3) is 0 Å². The molecule has 1 fully saturated rings. The lowest BCUT2D eigenvalue weighted by Gasteiger charge is -2.47. The third-order valence-corrected chi connectivity index (χ3v) is 5.68. The van der Waals surface area contributed by atoms with Crippen LogP contribution in [0.3, 0.4) is 0 Å². The first-order chi connectivity index (χ1) is 17.1. The number of halogens is 3. The maximum absolute atomic E-state index is 14.6. The van der Waals surface area contributed by atoms with Crippen molar-refractivity contribution in [2.24, 2.45) is 0 Å². The number of aliphatic hydroxyl groups excluding tert-OH is 4. The molecule has 176 valence electrons. The fraction of sp³-hybridized carbons (Fsp3) is 0.455. The monoisotopic (exact) mass is 479 g/mol. The number of hydrogen-bond acceptors (Lipinski definition) is 7. The molecule has 4 N–H and O–H groups in total. The van der Waals surface area contributed by atoms with Gasteiger partial charge >= 0.3 is 0 Å². The molecule has 1 aliphatic rings. The van der Waals surface area contributed by atoms with Crippen LogP contribution in [-0.4, -0.2) is 65.1 Å². The molecule has 0 spiro atoms. The first kappa shape index (κ1) is 18.6. The van der Waals surface area contributed by atoms with Crippen molar-refractivity contribution in [3.05, 3.63) is 63.7 Å². The fourth-order valence-electron chi connectivity index (χ4n) is 3.68. The van der Waals surface area contributed by atoms with E-state index in [9.17, 15) is 29.2 Å². The molecule has 5 atom stereocenters. The van der Waals surface area contributed by atoms with Gasteiger partial charge in [0.05, 0.1) is 15.9 Å². The Labute approximate surface area is 195 Å². The maximum Gasteiger partial charge on any atom is 0.224 e. The number of benzene rings is 2. The lowest BCUT2D eigenvalue weighted by Crippen LogP contribution is -2.64. The summed E-state index contributed by atoms with van der Waals surface area (Å²) in [5, 5.41) is 40.7. The molecular weight excluding hydrogens is 450 g/mol. The van der Waals surface area contributed by atoms with Gasteiger partial charge in [-0.05, 0) is 48.7 Å². The standard InChI is InChI=1S/C22H25ClF2O7/c1-3-31-20-15(24)7-11(8-16(20)25)6-12-9-13(4-5-14(12)23)22(30-2)21(29)19(28)18(27)17(10-26)32-22/h4-5,7-9,17-19,21,26-29H,3,6,10H2,1-2H3/t17-,18-,19+,21-,22+/m1/s1/i1D3,3D2. The summed E-state index contributed by atoms with van der Waals surface area (Å²) in [4.78, 5) is 0. The van der Waals surface area contributed by atoms with E-state index in [4.69, 9.17) is 27.9 Å². The molecule has 1 heterocycles. The summed E-state index contributed by atoms with van der Waals surface area (Å²) in [6.45, 7) is -7.36. The van der Waals surface area contributed by atoms with Gasteiger partial charge in [-0.15, -0.1) is 0 Å². The smallest absolute Gasteiger partial charge is 0.224 e. The molecule has 0 aliphatic carbocycles. The molecule has 1 aliphatic heterocycles. The van der Waals surface area contributed by atoms with E-state index in [-0.39, 0.29) is 28.1 Å². The normalized spacial score (nSPS) is 31.2. The number of hydrogen-bond donors (Lipinski definition) is 4. The molecule has 1 saturated heterocycles. The molecule has 0 saturated carbocycles. The van der Waals surface area contributed by atoms with Crippen LogP contribution >= 0.6 is 11.6 Å². The van der Waals surface area contributed by atoms with E-state index in [1.807, 2.05) is 0 Å². The van der Waals surface area contributed by atoms with Gasteiger partial charge in [0.2, 0.25) is 5.79 Å². The van der Waals surface area contributed by atoms with Gasteiger partial charge in [0.15, 0.2) is 17.4 Å². The van der Waals surface area contributed by atoms with Crippen LogP contribution in [-0.2, 0) is 21.7 Å². The molecule has 0 radical (unpaired) electrons. The molecule has 0 unspecified atom stereocenters. The number of rotatable bonds is 7. The molecule has 32 heavy (non-hydrogen) atoms. The van der Waals surface area contributed by atoms with Crippen molar-refractivity contribution >= 4 is 11.6 Å². The van der Waals surface area contributed by atoms with E-state index in [0.29, 0.717) is 0 Å². The van der Waals surface area contributed by atoms with E-state index in [0.717, 1.165) is 19.2 Å². The number of methoxy groups -OCH3 is 1. The van der Waals surface area contributed by atoms with Crippen LogP contribution in [0.5, 0.6) is 5.75 Å². The largest absolute Gasteiger partial charge is 0.488 e. The second kappa shape index (κ2) is 9.96. The van der Waals surface area contributed by atoms with Crippen molar-refractivity contribution in [2.75, 3.05) is 20.3 Å². The van der Waals surface area contributed by atoms with Crippen molar-refractivity contribution in [3.63, 3.8) is 0 Å². The topological polar surface area (TPSA) is 109 Å². The van der Waals surface area contributed by atoms with Crippen LogP contribution in [0.1, 0.15) is 30.4 Å². The highest BCUT2D eigenvalue weighted by Gasteiger charge is 2.55. The first-order valence-electron chi connectivity index (χ1n) is 11.9.